The van der Waals surface area contributed by atoms with E-state index in [2.05, 4.69) is 22.4 Å². The van der Waals surface area contributed by atoms with Crippen molar-refractivity contribution in [1.82, 2.24) is 9.55 Å². The van der Waals surface area contributed by atoms with Crippen molar-refractivity contribution in [2.24, 2.45) is 0 Å². The molecular formula is C22H19N5OS. The van der Waals surface area contributed by atoms with Crippen molar-refractivity contribution in [3.05, 3.63) is 76.6 Å². The van der Waals surface area contributed by atoms with Gasteiger partial charge >= 0.3 is 0 Å². The summed E-state index contributed by atoms with van der Waals surface area (Å²) in [5.74, 6) is 0.402. The van der Waals surface area contributed by atoms with Crippen LogP contribution in [0.2, 0.25) is 0 Å². The Morgan fingerprint density at radius 1 is 1.17 bits per heavy atom. The van der Waals surface area contributed by atoms with E-state index in [4.69, 9.17) is 5.26 Å². The molecule has 29 heavy (non-hydrogen) atoms. The largest absolute Gasteiger partial charge is 0.326 e. The molecule has 0 aliphatic heterocycles. The van der Waals surface area contributed by atoms with Crippen LogP contribution in [0.1, 0.15) is 27.9 Å². The molecule has 0 unspecified atom stereocenters. The lowest BCUT2D eigenvalue weighted by Crippen LogP contribution is -2.18. The number of rotatable bonds is 6. The number of aromatic nitrogens is 2. The van der Waals surface area contributed by atoms with Gasteiger partial charge in [-0.05, 0) is 37.1 Å². The van der Waals surface area contributed by atoms with E-state index in [1.54, 1.807) is 18.3 Å². The molecule has 1 N–H and O–H groups in total. The van der Waals surface area contributed by atoms with E-state index >= 15 is 0 Å². The van der Waals surface area contributed by atoms with Crippen molar-refractivity contribution >= 4 is 23.5 Å². The van der Waals surface area contributed by atoms with Gasteiger partial charge in [-0.3, -0.25) is 4.79 Å². The summed E-state index contributed by atoms with van der Waals surface area (Å²) in [6, 6.07) is 17.4. The maximum atomic E-state index is 12.6. The third-order valence-electron chi connectivity index (χ3n) is 4.60. The average Bonchev–Trinajstić information content (AvgIpc) is 2.97. The summed E-state index contributed by atoms with van der Waals surface area (Å²) in [7, 11) is 0. The van der Waals surface area contributed by atoms with Crippen LogP contribution in [0.25, 0.3) is 0 Å². The van der Waals surface area contributed by atoms with Crippen LogP contribution in [0.15, 0.2) is 53.7 Å². The third kappa shape index (κ3) is 4.66. The van der Waals surface area contributed by atoms with Gasteiger partial charge in [0.2, 0.25) is 5.91 Å². The van der Waals surface area contributed by atoms with Gasteiger partial charge in [0.25, 0.3) is 0 Å². The van der Waals surface area contributed by atoms with Crippen molar-refractivity contribution < 1.29 is 4.79 Å². The van der Waals surface area contributed by atoms with Crippen molar-refractivity contribution in [2.75, 3.05) is 11.1 Å². The zero-order chi connectivity index (χ0) is 20.8. The SMILES string of the molecule is Cc1c(C#N)c(NC(=O)CSc2cc(C#N)ccn2)n(Cc2ccccc2)c1C. The monoisotopic (exact) mass is 401 g/mol. The van der Waals surface area contributed by atoms with E-state index in [0.29, 0.717) is 28.5 Å². The fraction of sp³-hybridized carbons (Fsp3) is 0.182. The third-order valence-corrected chi connectivity index (χ3v) is 5.52. The molecule has 1 aromatic carbocycles. The molecule has 3 aromatic rings. The number of pyridine rings is 1. The molecule has 0 saturated heterocycles. The molecule has 1 amide bonds. The number of amides is 1. The summed E-state index contributed by atoms with van der Waals surface area (Å²) in [5, 5.41) is 22.1. The Morgan fingerprint density at radius 2 is 1.93 bits per heavy atom. The van der Waals surface area contributed by atoms with E-state index in [1.165, 1.54) is 11.8 Å². The summed E-state index contributed by atoms with van der Waals surface area (Å²) in [6.07, 6.45) is 1.55. The minimum Gasteiger partial charge on any atom is -0.326 e. The van der Waals surface area contributed by atoms with Crippen LogP contribution in [-0.2, 0) is 11.3 Å². The average molecular weight is 401 g/mol. The molecule has 7 heteroatoms. The summed E-state index contributed by atoms with van der Waals surface area (Å²) < 4.78 is 1.96. The minimum absolute atomic E-state index is 0.126. The van der Waals surface area contributed by atoms with Gasteiger partial charge in [0.15, 0.2) is 0 Å². The first-order chi connectivity index (χ1) is 14.0. The maximum absolute atomic E-state index is 12.6. The highest BCUT2D eigenvalue weighted by molar-refractivity contribution is 7.99. The molecule has 0 atom stereocenters. The number of anilines is 1. The molecule has 0 spiro atoms. The predicted molar refractivity (Wildman–Crippen MR) is 112 cm³/mol. The molecular weight excluding hydrogens is 382 g/mol. The van der Waals surface area contributed by atoms with E-state index in [1.807, 2.05) is 48.7 Å². The Kier molecular flexibility index (Phi) is 6.33. The quantitative estimate of drug-likeness (QED) is 0.630. The number of carbonyl (C=O) groups excluding carboxylic acids is 1. The Morgan fingerprint density at radius 3 is 2.62 bits per heavy atom. The summed E-state index contributed by atoms with van der Waals surface area (Å²) in [4.78, 5) is 16.8. The van der Waals surface area contributed by atoms with Gasteiger partial charge in [-0.25, -0.2) is 4.98 Å². The maximum Gasteiger partial charge on any atom is 0.235 e. The van der Waals surface area contributed by atoms with Crippen molar-refractivity contribution in [1.29, 1.82) is 10.5 Å². The number of nitriles is 2. The Bertz CT molecular complexity index is 1120. The van der Waals surface area contributed by atoms with Gasteiger partial charge in [0, 0.05) is 18.4 Å². The van der Waals surface area contributed by atoms with Gasteiger partial charge in [0.05, 0.1) is 28.0 Å². The molecule has 6 nitrogen and oxygen atoms in total. The molecule has 0 aliphatic carbocycles. The van der Waals surface area contributed by atoms with Crippen LogP contribution >= 0.6 is 11.8 Å². The van der Waals surface area contributed by atoms with E-state index in [-0.39, 0.29) is 11.7 Å². The van der Waals surface area contributed by atoms with Crippen molar-refractivity contribution in [3.63, 3.8) is 0 Å². The normalized spacial score (nSPS) is 10.2. The Hall–Kier alpha value is -3.55. The topological polar surface area (TPSA) is 94.5 Å². The number of hydrogen-bond donors (Lipinski definition) is 1. The highest BCUT2D eigenvalue weighted by Gasteiger charge is 2.20. The molecule has 144 valence electrons. The second-order valence-corrected chi connectivity index (χ2v) is 7.44. The number of nitrogens with zero attached hydrogens (tertiary/aromatic N) is 4. The van der Waals surface area contributed by atoms with Crippen LogP contribution in [0, 0.1) is 36.5 Å². The fourth-order valence-electron chi connectivity index (χ4n) is 2.96. The fourth-order valence-corrected chi connectivity index (χ4v) is 3.66. The molecule has 0 bridgehead atoms. The van der Waals surface area contributed by atoms with E-state index < -0.39 is 0 Å². The molecule has 2 aromatic heterocycles. The first-order valence-electron chi connectivity index (χ1n) is 8.96. The Balaban J connectivity index is 1.80. The zero-order valence-corrected chi connectivity index (χ0v) is 17.0. The van der Waals surface area contributed by atoms with Gasteiger partial charge in [-0.15, -0.1) is 0 Å². The second kappa shape index (κ2) is 9.09. The van der Waals surface area contributed by atoms with Crippen LogP contribution in [-0.4, -0.2) is 21.2 Å². The summed E-state index contributed by atoms with van der Waals surface area (Å²) in [6.45, 7) is 4.39. The predicted octanol–water partition coefficient (Wildman–Crippen LogP) is 4.02. The first kappa shape index (κ1) is 20.2. The molecule has 0 aliphatic rings. The van der Waals surface area contributed by atoms with Crippen molar-refractivity contribution in [3.8, 4) is 12.1 Å². The smallest absolute Gasteiger partial charge is 0.235 e. The van der Waals surface area contributed by atoms with Crippen LogP contribution in [0.3, 0.4) is 0 Å². The number of benzene rings is 1. The number of nitrogens with one attached hydrogen (secondary N) is 1. The van der Waals surface area contributed by atoms with E-state index in [0.717, 1.165) is 16.8 Å². The van der Waals surface area contributed by atoms with Crippen LogP contribution in [0.4, 0.5) is 5.82 Å². The molecule has 0 radical (unpaired) electrons. The molecule has 0 fully saturated rings. The van der Waals surface area contributed by atoms with E-state index in [9.17, 15) is 10.1 Å². The minimum atomic E-state index is -0.234. The van der Waals surface area contributed by atoms with Gasteiger partial charge in [0.1, 0.15) is 11.9 Å². The van der Waals surface area contributed by atoms with Gasteiger partial charge in [-0.2, -0.15) is 10.5 Å². The lowest BCUT2D eigenvalue weighted by Gasteiger charge is -2.13. The molecule has 0 saturated carbocycles. The van der Waals surface area contributed by atoms with Crippen LogP contribution in [0.5, 0.6) is 0 Å². The lowest BCUT2D eigenvalue weighted by atomic mass is 10.2. The number of carbonyl (C=O) groups is 1. The lowest BCUT2D eigenvalue weighted by molar-refractivity contribution is -0.113. The highest BCUT2D eigenvalue weighted by Crippen LogP contribution is 2.28. The first-order valence-corrected chi connectivity index (χ1v) is 9.94. The Labute approximate surface area is 173 Å². The summed E-state index contributed by atoms with van der Waals surface area (Å²) in [5.41, 5.74) is 3.85. The molecule has 2 heterocycles. The number of hydrogen-bond acceptors (Lipinski definition) is 5. The van der Waals surface area contributed by atoms with Gasteiger partial charge in [-0.1, -0.05) is 42.1 Å². The molecule has 3 rings (SSSR count). The van der Waals surface area contributed by atoms with Crippen LogP contribution < -0.4 is 5.32 Å². The highest BCUT2D eigenvalue weighted by atomic mass is 32.2. The second-order valence-electron chi connectivity index (χ2n) is 6.45. The van der Waals surface area contributed by atoms with Crippen molar-refractivity contribution in [2.45, 2.75) is 25.4 Å². The van der Waals surface area contributed by atoms with Gasteiger partial charge < -0.3 is 9.88 Å². The zero-order valence-electron chi connectivity index (χ0n) is 16.1. The summed E-state index contributed by atoms with van der Waals surface area (Å²) >= 11 is 1.25. The standard InChI is InChI=1S/C22H19N5OS/c1-15-16(2)27(13-17-6-4-3-5-7-17)22(19(15)12-24)26-20(28)14-29-21-10-18(11-23)8-9-25-21/h3-10H,13-14H2,1-2H3,(H,26,28). The number of thioether (sulfide) groups is 1.